The number of carbonyl (C=O) groups excluding carboxylic acids is 1. The van der Waals surface area contributed by atoms with Crippen LogP contribution < -0.4 is 4.90 Å². The second-order valence-corrected chi connectivity index (χ2v) is 11.5. The summed E-state index contributed by atoms with van der Waals surface area (Å²) in [5, 5.41) is 0. The minimum absolute atomic E-state index is 0.0916. The summed E-state index contributed by atoms with van der Waals surface area (Å²) in [5.41, 5.74) is 7.66. The summed E-state index contributed by atoms with van der Waals surface area (Å²) in [4.78, 5) is 14.4. The van der Waals surface area contributed by atoms with Crippen LogP contribution in [-0.2, 0) is 9.53 Å². The van der Waals surface area contributed by atoms with E-state index in [1.807, 2.05) is 6.08 Å². The Bertz CT molecular complexity index is 994. The summed E-state index contributed by atoms with van der Waals surface area (Å²) >= 11 is 0. The van der Waals surface area contributed by atoms with Crippen LogP contribution in [0.1, 0.15) is 76.2 Å². The van der Waals surface area contributed by atoms with E-state index in [9.17, 15) is 4.79 Å². The number of fused-ring (bicyclic) bond motifs is 5. The van der Waals surface area contributed by atoms with Gasteiger partial charge in [0.15, 0.2) is 5.78 Å². The van der Waals surface area contributed by atoms with Gasteiger partial charge in [-0.25, -0.2) is 0 Å². The number of rotatable bonds is 2. The molecule has 4 aliphatic carbocycles. The van der Waals surface area contributed by atoms with Gasteiger partial charge < -0.3 is 9.64 Å². The smallest absolute Gasteiger partial charge is 0.156 e. The molecule has 0 amide bonds. The van der Waals surface area contributed by atoms with Gasteiger partial charge in [0.25, 0.3) is 0 Å². The Balaban J connectivity index is 1.50. The molecule has 5 atom stereocenters. The average molecular weight is 432 g/mol. The molecule has 1 heterocycles. The number of nitrogens with zero attached hydrogens (tertiary/aromatic N) is 1. The largest absolute Gasteiger partial charge is 0.378 e. The van der Waals surface area contributed by atoms with E-state index in [2.05, 4.69) is 50.2 Å². The van der Waals surface area contributed by atoms with Gasteiger partial charge in [0.05, 0.1) is 5.60 Å². The summed E-state index contributed by atoms with van der Waals surface area (Å²) in [5.74, 6) is 2.15. The third kappa shape index (κ3) is 2.86. The molecule has 1 aliphatic heterocycles. The Morgan fingerprint density at radius 3 is 2.56 bits per heavy atom. The summed E-state index contributed by atoms with van der Waals surface area (Å²) in [6.07, 6.45) is 12.1. The van der Waals surface area contributed by atoms with Crippen molar-refractivity contribution in [2.75, 3.05) is 25.6 Å². The van der Waals surface area contributed by atoms with Gasteiger partial charge in [0.1, 0.15) is 0 Å². The van der Waals surface area contributed by atoms with E-state index in [1.54, 1.807) is 11.1 Å². The highest BCUT2D eigenvalue weighted by Crippen LogP contribution is 2.69. The van der Waals surface area contributed by atoms with Gasteiger partial charge in [-0.2, -0.15) is 0 Å². The lowest BCUT2D eigenvalue weighted by Gasteiger charge is -2.55. The first-order valence-electron chi connectivity index (χ1n) is 12.8. The highest BCUT2D eigenvalue weighted by Gasteiger charge is 2.64. The van der Waals surface area contributed by atoms with Crippen LogP contribution in [-0.4, -0.2) is 32.1 Å². The van der Waals surface area contributed by atoms with E-state index in [0.717, 1.165) is 25.4 Å². The molecule has 3 heteroatoms. The zero-order valence-electron chi connectivity index (χ0n) is 20.0. The first-order chi connectivity index (χ1) is 15.4. The zero-order chi connectivity index (χ0) is 22.1. The third-order valence-corrected chi connectivity index (χ3v) is 9.94. The molecule has 5 aliphatic rings. The number of ether oxygens (including phenoxy) is 1. The lowest BCUT2D eigenvalue weighted by Crippen LogP contribution is -2.51. The van der Waals surface area contributed by atoms with Gasteiger partial charge in [-0.05, 0) is 98.1 Å². The molecule has 0 radical (unpaired) electrons. The summed E-state index contributed by atoms with van der Waals surface area (Å²) in [7, 11) is 4.22. The molecule has 1 saturated heterocycles. The van der Waals surface area contributed by atoms with Crippen molar-refractivity contribution in [1.82, 2.24) is 0 Å². The third-order valence-electron chi connectivity index (χ3n) is 9.94. The Kier molecular flexibility index (Phi) is 4.74. The van der Waals surface area contributed by atoms with Crippen molar-refractivity contribution >= 4 is 11.5 Å². The van der Waals surface area contributed by atoms with Crippen molar-refractivity contribution in [3.63, 3.8) is 0 Å². The molecule has 1 unspecified atom stereocenters. The first-order valence-corrected chi connectivity index (χ1v) is 12.8. The quantitative estimate of drug-likeness (QED) is 0.558. The van der Waals surface area contributed by atoms with Crippen LogP contribution in [0.25, 0.3) is 0 Å². The van der Waals surface area contributed by atoms with E-state index in [-0.39, 0.29) is 11.0 Å². The maximum atomic E-state index is 12.2. The molecule has 0 aromatic heterocycles. The van der Waals surface area contributed by atoms with Gasteiger partial charge in [0, 0.05) is 44.1 Å². The molecule has 1 aromatic rings. The molecular formula is C29H37NO2. The van der Waals surface area contributed by atoms with Crippen molar-refractivity contribution in [1.29, 1.82) is 0 Å². The van der Waals surface area contributed by atoms with E-state index >= 15 is 0 Å². The fourth-order valence-electron chi connectivity index (χ4n) is 8.39. The number of ketones is 1. The van der Waals surface area contributed by atoms with Crippen LogP contribution in [0.2, 0.25) is 0 Å². The molecule has 1 aromatic carbocycles. The number of hydrogen-bond acceptors (Lipinski definition) is 3. The monoisotopic (exact) mass is 431 g/mol. The molecular weight excluding hydrogens is 394 g/mol. The van der Waals surface area contributed by atoms with Crippen molar-refractivity contribution in [3.8, 4) is 0 Å². The minimum Gasteiger partial charge on any atom is -0.378 e. The molecule has 0 bridgehead atoms. The topological polar surface area (TPSA) is 29.5 Å². The Morgan fingerprint density at radius 1 is 1.03 bits per heavy atom. The second kappa shape index (κ2) is 7.32. The van der Waals surface area contributed by atoms with Gasteiger partial charge in [-0.3, -0.25) is 4.79 Å². The maximum Gasteiger partial charge on any atom is 0.156 e. The van der Waals surface area contributed by atoms with E-state index in [0.29, 0.717) is 24.0 Å². The molecule has 2 saturated carbocycles. The molecule has 1 spiro atoms. The van der Waals surface area contributed by atoms with Crippen LogP contribution in [0.3, 0.4) is 0 Å². The summed E-state index contributed by atoms with van der Waals surface area (Å²) in [6.45, 7) is 3.52. The van der Waals surface area contributed by atoms with Gasteiger partial charge in [-0.1, -0.05) is 24.6 Å². The molecule has 3 fully saturated rings. The van der Waals surface area contributed by atoms with Crippen molar-refractivity contribution in [3.05, 3.63) is 52.6 Å². The maximum absolute atomic E-state index is 12.2. The van der Waals surface area contributed by atoms with Crippen LogP contribution >= 0.6 is 0 Å². The number of hydrogen-bond donors (Lipinski definition) is 0. The predicted octanol–water partition coefficient (Wildman–Crippen LogP) is 6.20. The van der Waals surface area contributed by atoms with Gasteiger partial charge in [-0.15, -0.1) is 0 Å². The molecule has 170 valence electrons. The van der Waals surface area contributed by atoms with E-state index in [1.165, 1.54) is 55.3 Å². The van der Waals surface area contributed by atoms with Crippen LogP contribution in [0.5, 0.6) is 0 Å². The van der Waals surface area contributed by atoms with Crippen LogP contribution in [0, 0.1) is 17.3 Å². The van der Waals surface area contributed by atoms with Crippen molar-refractivity contribution in [2.24, 2.45) is 17.3 Å². The Hall–Kier alpha value is -1.87. The molecule has 0 N–H and O–H groups in total. The highest BCUT2D eigenvalue weighted by atomic mass is 16.5. The standard InChI is InChI=1S/C29H37NO2/c1-28-18-25(19-5-8-21(9-6-19)30(2)3)27-23-12-10-22(31)17-20(23)7-11-24(27)26(28)13-15-29(28)14-4-16-32-29/h5-6,8-9,17,24-26H,4,7,10-16,18H2,1-3H3/t24-,25+,26-,28-,29?/m0/s1. The molecule has 32 heavy (non-hydrogen) atoms. The predicted molar refractivity (Wildman–Crippen MR) is 129 cm³/mol. The number of benzene rings is 1. The van der Waals surface area contributed by atoms with E-state index < -0.39 is 0 Å². The fourth-order valence-corrected chi connectivity index (χ4v) is 8.39. The number of carbonyl (C=O) groups is 1. The lowest BCUT2D eigenvalue weighted by atomic mass is 9.51. The first kappa shape index (κ1) is 20.7. The highest BCUT2D eigenvalue weighted by molar-refractivity contribution is 5.93. The Morgan fingerprint density at radius 2 is 1.84 bits per heavy atom. The van der Waals surface area contributed by atoms with Crippen molar-refractivity contribution in [2.45, 2.75) is 76.2 Å². The van der Waals surface area contributed by atoms with Crippen LogP contribution in [0.4, 0.5) is 5.69 Å². The number of allylic oxidation sites excluding steroid dienone is 4. The summed E-state index contributed by atoms with van der Waals surface area (Å²) < 4.78 is 6.63. The second-order valence-electron chi connectivity index (χ2n) is 11.5. The fraction of sp³-hybridized carbons (Fsp3) is 0.621. The van der Waals surface area contributed by atoms with Gasteiger partial charge >= 0.3 is 0 Å². The summed E-state index contributed by atoms with van der Waals surface area (Å²) in [6, 6.07) is 9.31. The lowest BCUT2D eigenvalue weighted by molar-refractivity contribution is -0.114. The molecule has 6 rings (SSSR count). The van der Waals surface area contributed by atoms with Gasteiger partial charge in [0.2, 0.25) is 0 Å². The van der Waals surface area contributed by atoms with E-state index in [4.69, 9.17) is 4.74 Å². The van der Waals surface area contributed by atoms with Crippen LogP contribution in [0.15, 0.2) is 47.1 Å². The average Bonchev–Trinajstić information content (AvgIpc) is 3.39. The molecule has 3 nitrogen and oxygen atoms in total. The minimum atomic E-state index is 0.0916. The normalized spacial score (nSPS) is 38.4. The Labute approximate surface area is 192 Å². The zero-order valence-corrected chi connectivity index (χ0v) is 20.0. The van der Waals surface area contributed by atoms with Crippen molar-refractivity contribution < 1.29 is 9.53 Å². The SMILES string of the molecule is CN(C)c1ccc([C@H]2C[C@@]3(C)[C@@H](CCC34CCCO4)[C@@H]3CCC4=CC(=O)CCC4=C32)cc1. The number of anilines is 1.